The molecule has 0 aliphatic heterocycles. The van der Waals surface area contributed by atoms with Gasteiger partial charge in [-0.1, -0.05) is 54.1 Å². The molecule has 9 heteroatoms. The van der Waals surface area contributed by atoms with E-state index < -0.39 is 22.0 Å². The minimum Gasteiger partial charge on any atom is -0.396 e. The molecule has 0 fully saturated rings. The molecule has 4 rings (SSSR count). The number of carbonyl (C=O) groups excluding carboxylic acids is 1. The smallest absolute Gasteiger partial charge is 0.264 e. The van der Waals surface area contributed by atoms with Crippen molar-refractivity contribution >= 4 is 27.5 Å². The van der Waals surface area contributed by atoms with Gasteiger partial charge in [0.25, 0.3) is 5.91 Å². The van der Waals surface area contributed by atoms with E-state index in [0.29, 0.717) is 11.6 Å². The van der Waals surface area contributed by atoms with Gasteiger partial charge < -0.3 is 15.5 Å². The third-order valence-electron chi connectivity index (χ3n) is 6.59. The van der Waals surface area contributed by atoms with Crippen LogP contribution in [0.2, 0.25) is 5.02 Å². The first kappa shape index (κ1) is 27.3. The zero-order valence-electron chi connectivity index (χ0n) is 20.4. The molecule has 1 amide bonds. The molecule has 1 aliphatic rings. The molecule has 0 heterocycles. The largest absolute Gasteiger partial charge is 0.396 e. The number of fused-ring (bicyclic) bond motifs is 1. The Bertz CT molecular complexity index is 1330. The van der Waals surface area contributed by atoms with E-state index in [1.54, 1.807) is 36.4 Å². The van der Waals surface area contributed by atoms with Crippen molar-refractivity contribution < 1.29 is 23.4 Å². The molecular formula is C28H31ClN2O5S. The van der Waals surface area contributed by atoms with Crippen molar-refractivity contribution in [3.05, 3.63) is 94.0 Å². The van der Waals surface area contributed by atoms with Crippen molar-refractivity contribution in [1.82, 2.24) is 10.0 Å². The monoisotopic (exact) mass is 542 g/mol. The minimum atomic E-state index is -3.78. The Hall–Kier alpha value is -2.75. The molecular weight excluding hydrogens is 512 g/mol. The molecule has 0 unspecified atom stereocenters. The van der Waals surface area contributed by atoms with E-state index in [1.807, 2.05) is 16.9 Å². The fourth-order valence-electron chi connectivity index (χ4n) is 4.51. The molecule has 3 aromatic carbocycles. The Morgan fingerprint density at radius 1 is 1.00 bits per heavy atom. The standard InChI is InChI=1S/C28H31ClN2O5S/c29-25-11-8-21(9-12-25)27(33)18-30-26-13-10-20-4-7-23(16-24(20)17-26)19-2-5-22(6-3-19)28(34)31-37(35,36)15-1-14-32/h2-9,11-12,16,26-27,30,32-33H,1,10,13-15,17-18H2,(H,31,34)/t26-,27-/m0/s1. The fraction of sp³-hybridized carbons (Fsp3) is 0.321. The fourth-order valence-corrected chi connectivity index (χ4v) is 5.65. The van der Waals surface area contributed by atoms with Gasteiger partial charge in [-0.15, -0.1) is 0 Å². The summed E-state index contributed by atoms with van der Waals surface area (Å²) in [6.07, 6.45) is 2.26. The maximum absolute atomic E-state index is 12.3. The number of hydrogen-bond donors (Lipinski definition) is 4. The first-order valence-corrected chi connectivity index (χ1v) is 14.3. The van der Waals surface area contributed by atoms with E-state index in [1.165, 1.54) is 11.1 Å². The second-order valence-corrected chi connectivity index (χ2v) is 11.6. The number of aryl methyl sites for hydroxylation is 1. The Balaban J connectivity index is 1.38. The summed E-state index contributed by atoms with van der Waals surface area (Å²) in [5.41, 5.74) is 5.58. The molecule has 0 radical (unpaired) electrons. The second-order valence-electron chi connectivity index (χ2n) is 9.30. The summed E-state index contributed by atoms with van der Waals surface area (Å²) >= 11 is 5.94. The number of carbonyl (C=O) groups is 1. The van der Waals surface area contributed by atoms with Crippen LogP contribution in [0, 0.1) is 0 Å². The molecule has 196 valence electrons. The van der Waals surface area contributed by atoms with Crippen molar-refractivity contribution in [2.24, 2.45) is 0 Å². The number of sulfonamides is 1. The molecule has 4 N–H and O–H groups in total. The third-order valence-corrected chi connectivity index (χ3v) is 8.16. The first-order valence-electron chi connectivity index (χ1n) is 12.3. The predicted molar refractivity (Wildman–Crippen MR) is 145 cm³/mol. The summed E-state index contributed by atoms with van der Waals surface area (Å²) < 4.78 is 25.9. The van der Waals surface area contributed by atoms with Gasteiger partial charge in [-0.2, -0.15) is 0 Å². The van der Waals surface area contributed by atoms with Gasteiger partial charge in [-0.05, 0) is 77.8 Å². The SMILES string of the molecule is O=C(NS(=O)(=O)CCCO)c1ccc(-c2ccc3c(c2)C[C@@H](NC[C@H](O)c2ccc(Cl)cc2)CC3)cc1. The number of rotatable bonds is 10. The van der Waals surface area contributed by atoms with Crippen LogP contribution >= 0.6 is 11.6 Å². The molecule has 37 heavy (non-hydrogen) atoms. The zero-order chi connectivity index (χ0) is 26.4. The van der Waals surface area contributed by atoms with Crippen LogP contribution in [0.3, 0.4) is 0 Å². The van der Waals surface area contributed by atoms with Crippen molar-refractivity contribution in [2.75, 3.05) is 18.9 Å². The molecule has 0 saturated carbocycles. The molecule has 7 nitrogen and oxygen atoms in total. The van der Waals surface area contributed by atoms with Crippen molar-refractivity contribution in [3.63, 3.8) is 0 Å². The number of benzene rings is 3. The molecule has 2 atom stereocenters. The van der Waals surface area contributed by atoms with E-state index in [4.69, 9.17) is 16.7 Å². The lowest BCUT2D eigenvalue weighted by molar-refractivity contribution is 0.0981. The number of amides is 1. The van der Waals surface area contributed by atoms with Crippen LogP contribution in [-0.4, -0.2) is 49.5 Å². The maximum Gasteiger partial charge on any atom is 0.264 e. The highest BCUT2D eigenvalue weighted by Gasteiger charge is 2.20. The zero-order valence-corrected chi connectivity index (χ0v) is 21.9. The highest BCUT2D eigenvalue weighted by atomic mass is 35.5. The van der Waals surface area contributed by atoms with E-state index >= 15 is 0 Å². The number of halogens is 1. The van der Waals surface area contributed by atoms with Crippen molar-refractivity contribution in [3.8, 4) is 11.1 Å². The van der Waals surface area contributed by atoms with Gasteiger partial charge in [0, 0.05) is 29.8 Å². The number of hydrogen-bond acceptors (Lipinski definition) is 6. The highest BCUT2D eigenvalue weighted by molar-refractivity contribution is 7.90. The van der Waals surface area contributed by atoms with Gasteiger partial charge >= 0.3 is 0 Å². The summed E-state index contributed by atoms with van der Waals surface area (Å²) in [5.74, 6) is -0.997. The van der Waals surface area contributed by atoms with Gasteiger partial charge in [-0.3, -0.25) is 4.79 Å². The lowest BCUT2D eigenvalue weighted by Gasteiger charge is -2.27. The lowest BCUT2D eigenvalue weighted by Crippen LogP contribution is -2.37. The van der Waals surface area contributed by atoms with Crippen LogP contribution in [0.1, 0.15) is 46.0 Å². The van der Waals surface area contributed by atoms with Gasteiger partial charge in [-0.25, -0.2) is 13.1 Å². The first-order chi connectivity index (χ1) is 17.7. The second kappa shape index (κ2) is 12.2. The molecule has 3 aromatic rings. The predicted octanol–water partition coefficient (Wildman–Crippen LogP) is 3.63. The van der Waals surface area contributed by atoms with Crippen LogP contribution in [0.5, 0.6) is 0 Å². The van der Waals surface area contributed by atoms with E-state index in [2.05, 4.69) is 23.5 Å². The average Bonchev–Trinajstić information content (AvgIpc) is 2.90. The van der Waals surface area contributed by atoms with Crippen LogP contribution in [0.15, 0.2) is 66.7 Å². The summed E-state index contributed by atoms with van der Waals surface area (Å²) in [7, 11) is -3.78. The minimum absolute atomic E-state index is 0.0686. The van der Waals surface area contributed by atoms with E-state index in [0.717, 1.165) is 36.0 Å². The molecule has 0 aromatic heterocycles. The number of aliphatic hydroxyl groups excluding tert-OH is 2. The van der Waals surface area contributed by atoms with E-state index in [9.17, 15) is 18.3 Å². The van der Waals surface area contributed by atoms with Crippen LogP contribution in [-0.2, 0) is 22.9 Å². The van der Waals surface area contributed by atoms with Gasteiger partial charge in [0.2, 0.25) is 10.0 Å². The quantitative estimate of drug-likeness (QED) is 0.311. The summed E-state index contributed by atoms with van der Waals surface area (Å²) in [6.45, 7) is 0.202. The third kappa shape index (κ3) is 7.40. The van der Waals surface area contributed by atoms with Crippen LogP contribution < -0.4 is 10.0 Å². The van der Waals surface area contributed by atoms with Crippen molar-refractivity contribution in [2.45, 2.75) is 37.8 Å². The summed E-state index contributed by atoms with van der Waals surface area (Å²) in [5, 5.41) is 23.5. The Morgan fingerprint density at radius 2 is 1.70 bits per heavy atom. The van der Waals surface area contributed by atoms with Crippen molar-refractivity contribution in [1.29, 1.82) is 0 Å². The normalized spacial score (nSPS) is 16.1. The van der Waals surface area contributed by atoms with Crippen LogP contribution in [0.4, 0.5) is 0 Å². The molecule has 0 saturated heterocycles. The topological polar surface area (TPSA) is 116 Å². The van der Waals surface area contributed by atoms with Crippen LogP contribution in [0.25, 0.3) is 11.1 Å². The summed E-state index contributed by atoms with van der Waals surface area (Å²) in [4.78, 5) is 12.3. The number of nitrogens with one attached hydrogen (secondary N) is 2. The Labute approximate surface area is 222 Å². The molecule has 1 aliphatic carbocycles. The Morgan fingerprint density at radius 3 is 2.41 bits per heavy atom. The Kier molecular flexibility index (Phi) is 9.00. The van der Waals surface area contributed by atoms with Gasteiger partial charge in [0.15, 0.2) is 0 Å². The summed E-state index contributed by atoms with van der Waals surface area (Å²) in [6, 6.07) is 20.7. The number of aliphatic hydroxyl groups is 2. The van der Waals surface area contributed by atoms with E-state index in [-0.39, 0.29) is 30.4 Å². The molecule has 0 spiro atoms. The van der Waals surface area contributed by atoms with Gasteiger partial charge in [0.05, 0.1) is 11.9 Å². The highest BCUT2D eigenvalue weighted by Crippen LogP contribution is 2.28. The average molecular weight is 543 g/mol. The maximum atomic E-state index is 12.3. The van der Waals surface area contributed by atoms with Gasteiger partial charge in [0.1, 0.15) is 0 Å². The molecule has 0 bridgehead atoms. The lowest BCUT2D eigenvalue weighted by atomic mass is 9.86.